The summed E-state index contributed by atoms with van der Waals surface area (Å²) in [5.74, 6) is -0.369. The molecule has 0 amide bonds. The summed E-state index contributed by atoms with van der Waals surface area (Å²) in [5.41, 5.74) is 1.05. The molecule has 1 heterocycles. The van der Waals surface area contributed by atoms with Gasteiger partial charge in [0, 0.05) is 18.7 Å². The first kappa shape index (κ1) is 13.0. The van der Waals surface area contributed by atoms with E-state index in [2.05, 4.69) is 12.2 Å². The quantitative estimate of drug-likeness (QED) is 0.893. The molecular weight excluding hydrogens is 231 g/mol. The van der Waals surface area contributed by atoms with Crippen molar-refractivity contribution in [2.45, 2.75) is 38.5 Å². The zero-order valence-electron chi connectivity index (χ0n) is 10.7. The molecule has 1 aliphatic rings. The van der Waals surface area contributed by atoms with Gasteiger partial charge in [0.2, 0.25) is 0 Å². The van der Waals surface area contributed by atoms with Gasteiger partial charge >= 0.3 is 0 Å². The minimum absolute atomic E-state index is 0.0842. The molecule has 0 aliphatic carbocycles. The van der Waals surface area contributed by atoms with Gasteiger partial charge in [0.25, 0.3) is 0 Å². The second-order valence-electron chi connectivity index (χ2n) is 4.99. The summed E-state index contributed by atoms with van der Waals surface area (Å²) in [6.07, 6.45) is 1.08. The zero-order chi connectivity index (χ0) is 13.2. The van der Waals surface area contributed by atoms with Crippen LogP contribution in [-0.4, -0.2) is 18.2 Å². The molecule has 0 saturated carbocycles. The molecule has 96 valence electrons. The van der Waals surface area contributed by atoms with Crippen molar-refractivity contribution in [3.63, 3.8) is 0 Å². The highest BCUT2D eigenvalue weighted by molar-refractivity contribution is 5.33. The Bertz CT molecular complexity index is 483. The summed E-state index contributed by atoms with van der Waals surface area (Å²) >= 11 is 0. The Kier molecular flexibility index (Phi) is 3.65. The smallest absolute Gasteiger partial charge is 0.124 e. The lowest BCUT2D eigenvalue weighted by Gasteiger charge is -2.29. The first-order chi connectivity index (χ1) is 8.53. The molecule has 4 heteroatoms. The molecule has 2 rings (SSSR count). The van der Waals surface area contributed by atoms with Crippen LogP contribution in [0.15, 0.2) is 18.2 Å². The van der Waals surface area contributed by atoms with Crippen LogP contribution in [0.4, 0.5) is 4.39 Å². The van der Waals surface area contributed by atoms with Crippen LogP contribution in [0.3, 0.4) is 0 Å². The van der Waals surface area contributed by atoms with Crippen molar-refractivity contribution < 1.29 is 9.13 Å². The Morgan fingerprint density at radius 2 is 2.33 bits per heavy atom. The second-order valence-corrected chi connectivity index (χ2v) is 4.99. The topological polar surface area (TPSA) is 45.0 Å². The van der Waals surface area contributed by atoms with E-state index in [0.29, 0.717) is 12.1 Å². The molecule has 0 aromatic heterocycles. The van der Waals surface area contributed by atoms with Crippen molar-refractivity contribution in [2.75, 3.05) is 6.61 Å². The Balaban J connectivity index is 2.06. The van der Waals surface area contributed by atoms with Crippen LogP contribution < -0.4 is 5.32 Å². The lowest BCUT2D eigenvalue weighted by Crippen LogP contribution is -2.47. The van der Waals surface area contributed by atoms with E-state index in [1.54, 1.807) is 6.07 Å². The van der Waals surface area contributed by atoms with E-state index in [9.17, 15) is 4.39 Å². The summed E-state index contributed by atoms with van der Waals surface area (Å²) in [4.78, 5) is 0. The Hall–Kier alpha value is -1.44. The maximum atomic E-state index is 13.3. The average molecular weight is 248 g/mol. The van der Waals surface area contributed by atoms with Gasteiger partial charge in [-0.2, -0.15) is 5.26 Å². The Morgan fingerprint density at radius 1 is 1.56 bits per heavy atom. The second kappa shape index (κ2) is 5.05. The van der Waals surface area contributed by atoms with Crippen molar-refractivity contribution in [3.05, 3.63) is 35.1 Å². The molecule has 0 bridgehead atoms. The fourth-order valence-corrected chi connectivity index (χ4v) is 2.19. The van der Waals surface area contributed by atoms with E-state index in [1.807, 2.05) is 13.0 Å². The number of rotatable bonds is 3. The highest BCUT2D eigenvalue weighted by atomic mass is 19.1. The largest absolute Gasteiger partial charge is 0.377 e. The highest BCUT2D eigenvalue weighted by Crippen LogP contribution is 2.25. The Morgan fingerprint density at radius 3 is 2.94 bits per heavy atom. The van der Waals surface area contributed by atoms with Gasteiger partial charge in [-0.1, -0.05) is 0 Å². The minimum Gasteiger partial charge on any atom is -0.377 e. The average Bonchev–Trinajstić information content (AvgIpc) is 2.67. The lowest BCUT2D eigenvalue weighted by atomic mass is 9.94. The molecule has 1 aliphatic heterocycles. The van der Waals surface area contributed by atoms with Gasteiger partial charge in [-0.3, -0.25) is 0 Å². The van der Waals surface area contributed by atoms with E-state index in [0.717, 1.165) is 18.6 Å². The fourth-order valence-electron chi connectivity index (χ4n) is 2.19. The van der Waals surface area contributed by atoms with Gasteiger partial charge in [0.15, 0.2) is 0 Å². The van der Waals surface area contributed by atoms with Crippen LogP contribution in [0, 0.1) is 17.1 Å². The van der Waals surface area contributed by atoms with Gasteiger partial charge in [-0.15, -0.1) is 0 Å². The maximum Gasteiger partial charge on any atom is 0.124 e. The van der Waals surface area contributed by atoms with Crippen molar-refractivity contribution in [3.8, 4) is 6.07 Å². The van der Waals surface area contributed by atoms with Crippen LogP contribution in [0.1, 0.15) is 31.4 Å². The van der Waals surface area contributed by atoms with E-state index in [-0.39, 0.29) is 17.5 Å². The third-order valence-electron chi connectivity index (χ3n) is 3.67. The van der Waals surface area contributed by atoms with E-state index in [1.165, 1.54) is 12.1 Å². The van der Waals surface area contributed by atoms with Crippen molar-refractivity contribution >= 4 is 0 Å². The lowest BCUT2D eigenvalue weighted by molar-refractivity contribution is 0.0881. The normalized spacial score (nSPS) is 27.1. The summed E-state index contributed by atoms with van der Waals surface area (Å²) in [6, 6.07) is 6.37. The predicted molar refractivity (Wildman–Crippen MR) is 66.4 cm³/mol. The number of hydrogen-bond donors (Lipinski definition) is 1. The molecule has 0 radical (unpaired) electrons. The first-order valence-electron chi connectivity index (χ1n) is 6.10. The number of halogens is 1. The third-order valence-corrected chi connectivity index (χ3v) is 3.67. The molecule has 18 heavy (non-hydrogen) atoms. The molecule has 1 fully saturated rings. The Labute approximate surface area is 107 Å². The van der Waals surface area contributed by atoms with Gasteiger partial charge in [0.1, 0.15) is 5.82 Å². The summed E-state index contributed by atoms with van der Waals surface area (Å²) in [5, 5.41) is 12.2. The van der Waals surface area contributed by atoms with Crippen molar-refractivity contribution in [1.29, 1.82) is 5.26 Å². The van der Waals surface area contributed by atoms with Crippen LogP contribution in [0.25, 0.3) is 0 Å². The van der Waals surface area contributed by atoms with E-state index in [4.69, 9.17) is 10.00 Å². The van der Waals surface area contributed by atoms with Crippen LogP contribution in [-0.2, 0) is 11.3 Å². The molecule has 1 saturated heterocycles. The molecule has 1 N–H and O–H groups in total. The maximum absolute atomic E-state index is 13.3. The van der Waals surface area contributed by atoms with Crippen LogP contribution in [0.5, 0.6) is 0 Å². The first-order valence-corrected chi connectivity index (χ1v) is 6.10. The highest BCUT2D eigenvalue weighted by Gasteiger charge is 2.36. The van der Waals surface area contributed by atoms with Crippen LogP contribution in [0.2, 0.25) is 0 Å². The van der Waals surface area contributed by atoms with E-state index >= 15 is 0 Å². The summed E-state index contributed by atoms with van der Waals surface area (Å²) in [7, 11) is 0. The van der Waals surface area contributed by atoms with E-state index < -0.39 is 0 Å². The number of nitrogens with zero attached hydrogens (tertiary/aromatic N) is 1. The molecule has 3 nitrogen and oxygen atoms in total. The number of nitriles is 1. The predicted octanol–water partition coefficient (Wildman–Crippen LogP) is 2.35. The number of nitrogens with one attached hydrogen (secondary N) is 1. The number of benzene rings is 1. The third kappa shape index (κ3) is 2.69. The fraction of sp³-hybridized carbons (Fsp3) is 0.500. The minimum atomic E-state index is -0.369. The summed E-state index contributed by atoms with van der Waals surface area (Å²) < 4.78 is 18.8. The molecule has 1 aromatic carbocycles. The molecule has 2 unspecified atom stereocenters. The standard InChI is InChI=1S/C14H17FN2O/c1-10-14(2,3-4-18-10)17-9-12-5-11(8-16)6-13(15)7-12/h5-7,10,17H,3-4,9H2,1-2H3. The van der Waals surface area contributed by atoms with Gasteiger partial charge in [0.05, 0.1) is 17.7 Å². The monoisotopic (exact) mass is 248 g/mol. The number of hydrogen-bond acceptors (Lipinski definition) is 3. The molecule has 1 aromatic rings. The van der Waals surface area contributed by atoms with Gasteiger partial charge in [-0.05, 0) is 44.0 Å². The van der Waals surface area contributed by atoms with Crippen LogP contribution >= 0.6 is 0 Å². The van der Waals surface area contributed by atoms with Crippen molar-refractivity contribution in [1.82, 2.24) is 5.32 Å². The van der Waals surface area contributed by atoms with Crippen molar-refractivity contribution in [2.24, 2.45) is 0 Å². The SMILES string of the molecule is CC1OCCC1(C)NCc1cc(F)cc(C#N)c1. The molecule has 0 spiro atoms. The van der Waals surface area contributed by atoms with Gasteiger partial charge in [-0.25, -0.2) is 4.39 Å². The number of ether oxygens (including phenoxy) is 1. The zero-order valence-corrected chi connectivity index (χ0v) is 10.7. The molecular formula is C14H17FN2O. The molecule has 2 atom stereocenters. The van der Waals surface area contributed by atoms with Gasteiger partial charge < -0.3 is 10.1 Å². The summed E-state index contributed by atoms with van der Waals surface area (Å²) in [6.45, 7) is 5.43.